The summed E-state index contributed by atoms with van der Waals surface area (Å²) < 4.78 is 18.8. The highest BCUT2D eigenvalue weighted by atomic mass is 19.1. The van der Waals surface area contributed by atoms with Crippen molar-refractivity contribution >= 4 is 5.91 Å². The van der Waals surface area contributed by atoms with Crippen LogP contribution in [0.1, 0.15) is 35.7 Å². The molecule has 0 aromatic heterocycles. The monoisotopic (exact) mass is 315 g/mol. The van der Waals surface area contributed by atoms with Crippen LogP contribution in [-0.4, -0.2) is 31.0 Å². The number of nitrogens with zero attached hydrogens (tertiary/aromatic N) is 1. The maximum Gasteiger partial charge on any atom is 0.253 e. The Labute approximate surface area is 136 Å². The second-order valence-corrected chi connectivity index (χ2v) is 5.78. The normalized spacial score (nSPS) is 10.7. The van der Waals surface area contributed by atoms with E-state index in [4.69, 9.17) is 4.74 Å². The lowest BCUT2D eigenvalue weighted by atomic mass is 10.0. The van der Waals surface area contributed by atoms with E-state index < -0.39 is 5.82 Å². The Morgan fingerprint density at radius 2 is 1.78 bits per heavy atom. The number of para-hydroxylation sites is 1. The van der Waals surface area contributed by atoms with Gasteiger partial charge in [0.1, 0.15) is 6.61 Å². The molecule has 0 saturated carbocycles. The highest BCUT2D eigenvalue weighted by Gasteiger charge is 2.12. The smallest absolute Gasteiger partial charge is 0.253 e. The molecular weight excluding hydrogens is 293 g/mol. The van der Waals surface area contributed by atoms with Crippen LogP contribution >= 0.6 is 0 Å². The first kappa shape index (κ1) is 17.0. The number of benzene rings is 2. The summed E-state index contributed by atoms with van der Waals surface area (Å²) in [6.45, 7) is 4.86. The van der Waals surface area contributed by atoms with Gasteiger partial charge in [0.25, 0.3) is 5.91 Å². The summed E-state index contributed by atoms with van der Waals surface area (Å²) in [6.07, 6.45) is 0. The lowest BCUT2D eigenvalue weighted by molar-refractivity contribution is 0.0773. The predicted molar refractivity (Wildman–Crippen MR) is 89.4 cm³/mol. The Kier molecular flexibility index (Phi) is 5.74. The van der Waals surface area contributed by atoms with E-state index in [1.54, 1.807) is 30.1 Å². The lowest BCUT2D eigenvalue weighted by Gasteiger charge is -2.18. The van der Waals surface area contributed by atoms with Crippen molar-refractivity contribution in [3.05, 3.63) is 65.5 Å². The van der Waals surface area contributed by atoms with Gasteiger partial charge < -0.3 is 9.64 Å². The fourth-order valence-electron chi connectivity index (χ4n) is 2.19. The van der Waals surface area contributed by atoms with Gasteiger partial charge in [0, 0.05) is 12.6 Å². The van der Waals surface area contributed by atoms with Gasteiger partial charge in [-0.05, 0) is 35.7 Å². The van der Waals surface area contributed by atoms with Crippen LogP contribution in [0.5, 0.6) is 5.75 Å². The average Bonchev–Trinajstić information content (AvgIpc) is 2.56. The second-order valence-electron chi connectivity index (χ2n) is 5.78. The molecule has 23 heavy (non-hydrogen) atoms. The molecule has 0 aliphatic carbocycles. The third-order valence-corrected chi connectivity index (χ3v) is 3.69. The average molecular weight is 315 g/mol. The van der Waals surface area contributed by atoms with Crippen molar-refractivity contribution in [2.45, 2.75) is 19.8 Å². The van der Waals surface area contributed by atoms with Crippen LogP contribution in [-0.2, 0) is 0 Å². The predicted octanol–water partition coefficient (Wildman–Crippen LogP) is 4.10. The third-order valence-electron chi connectivity index (χ3n) is 3.69. The molecule has 0 N–H and O–H groups in total. The zero-order chi connectivity index (χ0) is 16.8. The molecule has 0 aliphatic heterocycles. The van der Waals surface area contributed by atoms with Crippen molar-refractivity contribution in [3.8, 4) is 5.75 Å². The first-order valence-electron chi connectivity index (χ1n) is 7.72. The van der Waals surface area contributed by atoms with Crippen LogP contribution in [0.2, 0.25) is 0 Å². The molecule has 0 aliphatic rings. The molecule has 0 unspecified atom stereocenters. The minimum absolute atomic E-state index is 0.0718. The van der Waals surface area contributed by atoms with Gasteiger partial charge in [-0.25, -0.2) is 4.39 Å². The number of halogens is 1. The summed E-state index contributed by atoms with van der Waals surface area (Å²) in [4.78, 5) is 13.9. The summed E-state index contributed by atoms with van der Waals surface area (Å²) in [5.74, 6) is 0.170. The van der Waals surface area contributed by atoms with E-state index in [-0.39, 0.29) is 18.3 Å². The zero-order valence-corrected chi connectivity index (χ0v) is 13.8. The molecule has 0 radical (unpaired) electrons. The van der Waals surface area contributed by atoms with Crippen molar-refractivity contribution < 1.29 is 13.9 Å². The largest absolute Gasteiger partial charge is 0.489 e. The van der Waals surface area contributed by atoms with Gasteiger partial charge in [0.05, 0.1) is 6.54 Å². The van der Waals surface area contributed by atoms with Crippen LogP contribution in [0, 0.1) is 5.82 Å². The third kappa shape index (κ3) is 4.55. The van der Waals surface area contributed by atoms with Gasteiger partial charge in [0.15, 0.2) is 11.6 Å². The Hall–Kier alpha value is -2.36. The van der Waals surface area contributed by atoms with E-state index >= 15 is 0 Å². The number of amides is 1. The number of carbonyl (C=O) groups excluding carboxylic acids is 1. The van der Waals surface area contributed by atoms with E-state index in [0.717, 1.165) is 0 Å². The Morgan fingerprint density at radius 3 is 2.39 bits per heavy atom. The fourth-order valence-corrected chi connectivity index (χ4v) is 2.19. The molecule has 0 spiro atoms. The van der Waals surface area contributed by atoms with Crippen LogP contribution in [0.3, 0.4) is 0 Å². The minimum Gasteiger partial charge on any atom is -0.489 e. The molecule has 122 valence electrons. The topological polar surface area (TPSA) is 29.5 Å². The van der Waals surface area contributed by atoms with Crippen molar-refractivity contribution in [2.75, 3.05) is 20.2 Å². The second kappa shape index (κ2) is 7.77. The lowest BCUT2D eigenvalue weighted by Crippen LogP contribution is -2.30. The number of likely N-dealkylation sites (N-methyl/N-ethyl adjacent to an activating group) is 1. The molecule has 0 bridgehead atoms. The van der Waals surface area contributed by atoms with Crippen LogP contribution in [0.25, 0.3) is 0 Å². The molecule has 2 aromatic rings. The molecule has 0 heterocycles. The molecule has 0 saturated heterocycles. The van der Waals surface area contributed by atoms with Crippen molar-refractivity contribution in [3.63, 3.8) is 0 Å². The van der Waals surface area contributed by atoms with Gasteiger partial charge in [-0.3, -0.25) is 4.79 Å². The minimum atomic E-state index is -0.397. The number of rotatable bonds is 6. The summed E-state index contributed by atoms with van der Waals surface area (Å²) >= 11 is 0. The molecule has 4 heteroatoms. The quantitative estimate of drug-likeness (QED) is 0.803. The van der Waals surface area contributed by atoms with E-state index in [2.05, 4.69) is 13.8 Å². The van der Waals surface area contributed by atoms with E-state index in [1.807, 2.05) is 24.3 Å². The van der Waals surface area contributed by atoms with Crippen LogP contribution in [0.15, 0.2) is 48.5 Å². The molecular formula is C19H22FNO2. The van der Waals surface area contributed by atoms with Crippen LogP contribution < -0.4 is 4.74 Å². The zero-order valence-electron chi connectivity index (χ0n) is 13.8. The number of ether oxygens (including phenoxy) is 1. The molecule has 2 rings (SSSR count). The molecule has 0 atom stereocenters. The van der Waals surface area contributed by atoms with Gasteiger partial charge >= 0.3 is 0 Å². The van der Waals surface area contributed by atoms with E-state index in [0.29, 0.717) is 18.0 Å². The Bertz CT molecular complexity index is 653. The first-order chi connectivity index (χ1) is 11.0. The highest BCUT2D eigenvalue weighted by molar-refractivity contribution is 5.94. The Morgan fingerprint density at radius 1 is 1.13 bits per heavy atom. The Balaban J connectivity index is 1.88. The SMILES string of the molecule is CC(C)c1ccc(C(=O)N(C)CCOc2ccccc2F)cc1. The first-order valence-corrected chi connectivity index (χ1v) is 7.72. The maximum atomic E-state index is 13.4. The highest BCUT2D eigenvalue weighted by Crippen LogP contribution is 2.16. The summed E-state index contributed by atoms with van der Waals surface area (Å²) in [5, 5.41) is 0. The summed E-state index contributed by atoms with van der Waals surface area (Å²) in [5.41, 5.74) is 1.84. The number of hydrogen-bond donors (Lipinski definition) is 0. The standard InChI is InChI=1S/C19H22FNO2/c1-14(2)15-8-10-16(11-9-15)19(22)21(3)12-13-23-18-7-5-4-6-17(18)20/h4-11,14H,12-13H2,1-3H3. The van der Waals surface area contributed by atoms with Crippen LogP contribution in [0.4, 0.5) is 4.39 Å². The number of hydrogen-bond acceptors (Lipinski definition) is 2. The van der Waals surface area contributed by atoms with Crippen molar-refractivity contribution in [1.82, 2.24) is 4.90 Å². The maximum absolute atomic E-state index is 13.4. The van der Waals surface area contributed by atoms with Crippen molar-refractivity contribution in [2.24, 2.45) is 0 Å². The fraction of sp³-hybridized carbons (Fsp3) is 0.316. The number of carbonyl (C=O) groups is 1. The summed E-state index contributed by atoms with van der Waals surface area (Å²) in [7, 11) is 1.71. The van der Waals surface area contributed by atoms with Gasteiger partial charge in [-0.1, -0.05) is 38.1 Å². The van der Waals surface area contributed by atoms with E-state index in [1.165, 1.54) is 11.6 Å². The molecule has 3 nitrogen and oxygen atoms in total. The van der Waals surface area contributed by atoms with Gasteiger partial charge in [-0.2, -0.15) is 0 Å². The van der Waals surface area contributed by atoms with Gasteiger partial charge in [0.2, 0.25) is 0 Å². The van der Waals surface area contributed by atoms with Crippen molar-refractivity contribution in [1.29, 1.82) is 0 Å². The van der Waals surface area contributed by atoms with Gasteiger partial charge in [-0.15, -0.1) is 0 Å². The van der Waals surface area contributed by atoms with E-state index in [9.17, 15) is 9.18 Å². The molecule has 2 aromatic carbocycles. The molecule has 0 fully saturated rings. The summed E-state index contributed by atoms with van der Waals surface area (Å²) in [6, 6.07) is 13.9. The molecule has 1 amide bonds.